The Morgan fingerprint density at radius 2 is 1.77 bits per heavy atom. The molecule has 1 saturated heterocycles. The lowest BCUT2D eigenvalue weighted by Gasteiger charge is -2.22. The van der Waals surface area contributed by atoms with E-state index >= 15 is 0 Å². The fraction of sp³-hybridized carbons (Fsp3) is 0.389. The summed E-state index contributed by atoms with van der Waals surface area (Å²) < 4.78 is 37.9. The molecular weight excluding hydrogens is 365 g/mol. The molecular formula is C18H20ClF3N4. The molecule has 8 heteroatoms. The molecule has 1 aromatic heterocycles. The highest BCUT2D eigenvalue weighted by Crippen LogP contribution is 2.32. The van der Waals surface area contributed by atoms with E-state index in [4.69, 9.17) is 11.6 Å². The molecule has 1 aromatic carbocycles. The predicted molar refractivity (Wildman–Crippen MR) is 99.1 cm³/mol. The van der Waals surface area contributed by atoms with Crippen LogP contribution >= 0.6 is 11.6 Å². The first-order chi connectivity index (χ1) is 12.4. The van der Waals surface area contributed by atoms with Crippen LogP contribution in [0, 0.1) is 0 Å². The molecule has 2 heterocycles. The van der Waals surface area contributed by atoms with Crippen LogP contribution in [0.4, 0.5) is 30.4 Å². The largest absolute Gasteiger partial charge is 0.417 e. The van der Waals surface area contributed by atoms with Crippen LogP contribution in [-0.2, 0) is 6.18 Å². The lowest BCUT2D eigenvalue weighted by atomic mass is 10.2. The van der Waals surface area contributed by atoms with Crippen molar-refractivity contribution in [2.75, 3.05) is 41.7 Å². The van der Waals surface area contributed by atoms with Gasteiger partial charge in [0.25, 0.3) is 0 Å². The molecule has 140 valence electrons. The fourth-order valence-corrected chi connectivity index (χ4v) is 3.19. The van der Waals surface area contributed by atoms with Gasteiger partial charge in [0.05, 0.1) is 22.0 Å². The zero-order valence-corrected chi connectivity index (χ0v) is 14.9. The van der Waals surface area contributed by atoms with Crippen molar-refractivity contribution in [3.63, 3.8) is 0 Å². The molecule has 0 amide bonds. The van der Waals surface area contributed by atoms with E-state index in [1.165, 1.54) is 18.5 Å². The maximum absolute atomic E-state index is 12.6. The zero-order chi connectivity index (χ0) is 18.6. The highest BCUT2D eigenvalue weighted by molar-refractivity contribution is 6.32. The van der Waals surface area contributed by atoms with Gasteiger partial charge in [-0.05, 0) is 31.0 Å². The minimum atomic E-state index is -4.45. The van der Waals surface area contributed by atoms with Gasteiger partial charge in [-0.2, -0.15) is 13.2 Å². The second-order valence-electron chi connectivity index (χ2n) is 6.12. The van der Waals surface area contributed by atoms with E-state index in [1.807, 2.05) is 18.2 Å². The molecule has 26 heavy (non-hydrogen) atoms. The van der Waals surface area contributed by atoms with E-state index in [-0.39, 0.29) is 10.8 Å². The van der Waals surface area contributed by atoms with Crippen LogP contribution in [0.15, 0.2) is 36.5 Å². The summed E-state index contributed by atoms with van der Waals surface area (Å²) in [7, 11) is 0. The van der Waals surface area contributed by atoms with Crippen molar-refractivity contribution >= 4 is 28.8 Å². The van der Waals surface area contributed by atoms with Crippen molar-refractivity contribution < 1.29 is 13.2 Å². The van der Waals surface area contributed by atoms with E-state index in [1.54, 1.807) is 0 Å². The van der Waals surface area contributed by atoms with Crippen molar-refractivity contribution in [1.82, 2.24) is 4.98 Å². The summed E-state index contributed by atoms with van der Waals surface area (Å²) in [6, 6.07) is 8.99. The monoisotopic (exact) mass is 384 g/mol. The SMILES string of the molecule is FC(F)(F)c1cnc(NCCNc2ccccc2N2CCCC2)c(Cl)c1. The van der Waals surface area contributed by atoms with Crippen molar-refractivity contribution in [3.05, 3.63) is 47.1 Å². The molecule has 1 fully saturated rings. The van der Waals surface area contributed by atoms with Gasteiger partial charge in [-0.25, -0.2) is 4.98 Å². The molecule has 4 nitrogen and oxygen atoms in total. The molecule has 3 rings (SSSR count). The standard InChI is InChI=1S/C18H20ClF3N4/c19-14-11-13(18(20,21)22)12-25-17(14)24-8-7-23-15-5-1-2-6-16(15)26-9-3-4-10-26/h1-2,5-6,11-12,23H,3-4,7-10H2,(H,24,25). The van der Waals surface area contributed by atoms with Gasteiger partial charge in [0.1, 0.15) is 5.82 Å². The fourth-order valence-electron chi connectivity index (χ4n) is 2.96. The van der Waals surface area contributed by atoms with E-state index in [0.717, 1.165) is 31.0 Å². The van der Waals surface area contributed by atoms with Crippen molar-refractivity contribution in [2.45, 2.75) is 19.0 Å². The number of aromatic nitrogens is 1. The Bertz CT molecular complexity index is 745. The Hall–Kier alpha value is -2.15. The van der Waals surface area contributed by atoms with E-state index in [9.17, 15) is 13.2 Å². The second kappa shape index (κ2) is 8.03. The lowest BCUT2D eigenvalue weighted by Crippen LogP contribution is -2.21. The number of halogens is 4. The molecule has 2 N–H and O–H groups in total. The average Bonchev–Trinajstić information content (AvgIpc) is 3.13. The lowest BCUT2D eigenvalue weighted by molar-refractivity contribution is -0.137. The Morgan fingerprint density at radius 3 is 2.46 bits per heavy atom. The quantitative estimate of drug-likeness (QED) is 0.696. The van der Waals surface area contributed by atoms with Crippen LogP contribution < -0.4 is 15.5 Å². The first kappa shape index (κ1) is 18.6. The molecule has 0 aliphatic carbocycles. The third-order valence-electron chi connectivity index (χ3n) is 4.25. The van der Waals surface area contributed by atoms with E-state index in [2.05, 4.69) is 26.6 Å². The third-order valence-corrected chi connectivity index (χ3v) is 4.54. The van der Waals surface area contributed by atoms with Crippen LogP contribution in [0.3, 0.4) is 0 Å². The Kier molecular flexibility index (Phi) is 5.76. The van der Waals surface area contributed by atoms with Crippen LogP contribution in [0.5, 0.6) is 0 Å². The molecule has 0 unspecified atom stereocenters. The smallest absolute Gasteiger partial charge is 0.382 e. The topological polar surface area (TPSA) is 40.2 Å². The van der Waals surface area contributed by atoms with E-state index < -0.39 is 11.7 Å². The molecule has 0 atom stereocenters. The van der Waals surface area contributed by atoms with Crippen LogP contribution in [-0.4, -0.2) is 31.2 Å². The Morgan fingerprint density at radius 1 is 1.08 bits per heavy atom. The maximum Gasteiger partial charge on any atom is 0.417 e. The summed E-state index contributed by atoms with van der Waals surface area (Å²) in [4.78, 5) is 6.12. The molecule has 2 aromatic rings. The molecule has 0 spiro atoms. The number of anilines is 3. The van der Waals surface area contributed by atoms with E-state index in [0.29, 0.717) is 13.1 Å². The van der Waals surface area contributed by atoms with Crippen LogP contribution in [0.2, 0.25) is 5.02 Å². The van der Waals surface area contributed by atoms with Gasteiger partial charge in [0, 0.05) is 32.4 Å². The summed E-state index contributed by atoms with van der Waals surface area (Å²) in [5.74, 6) is 0.245. The van der Waals surface area contributed by atoms with Gasteiger partial charge in [-0.15, -0.1) is 0 Å². The number of benzene rings is 1. The van der Waals surface area contributed by atoms with Gasteiger partial charge in [-0.3, -0.25) is 0 Å². The Labute approximate surface area is 155 Å². The van der Waals surface area contributed by atoms with Crippen molar-refractivity contribution in [3.8, 4) is 0 Å². The highest BCUT2D eigenvalue weighted by Gasteiger charge is 2.31. The normalized spacial score (nSPS) is 14.5. The molecule has 0 radical (unpaired) electrons. The first-order valence-corrected chi connectivity index (χ1v) is 8.87. The molecule has 0 saturated carbocycles. The third kappa shape index (κ3) is 4.52. The summed E-state index contributed by atoms with van der Waals surface area (Å²) in [6.07, 6.45) is -1.26. The van der Waals surface area contributed by atoms with Crippen LogP contribution in [0.1, 0.15) is 18.4 Å². The Balaban J connectivity index is 1.55. The number of nitrogens with zero attached hydrogens (tertiary/aromatic N) is 2. The summed E-state index contributed by atoms with van der Waals surface area (Å²) >= 11 is 5.89. The number of nitrogens with one attached hydrogen (secondary N) is 2. The zero-order valence-electron chi connectivity index (χ0n) is 14.1. The van der Waals surface area contributed by atoms with Gasteiger partial charge >= 0.3 is 6.18 Å². The second-order valence-corrected chi connectivity index (χ2v) is 6.52. The van der Waals surface area contributed by atoms with Crippen molar-refractivity contribution in [1.29, 1.82) is 0 Å². The van der Waals surface area contributed by atoms with Gasteiger partial charge in [-0.1, -0.05) is 23.7 Å². The van der Waals surface area contributed by atoms with Gasteiger partial charge in [0.15, 0.2) is 0 Å². The number of para-hydroxylation sites is 2. The number of rotatable bonds is 6. The van der Waals surface area contributed by atoms with Gasteiger partial charge in [0.2, 0.25) is 0 Å². The minimum Gasteiger partial charge on any atom is -0.382 e. The van der Waals surface area contributed by atoms with Crippen molar-refractivity contribution in [2.24, 2.45) is 0 Å². The average molecular weight is 385 g/mol. The number of pyridine rings is 1. The number of hydrogen-bond acceptors (Lipinski definition) is 4. The minimum absolute atomic E-state index is 0.0442. The molecule has 0 bridgehead atoms. The summed E-state index contributed by atoms with van der Waals surface area (Å²) in [5, 5.41) is 6.28. The van der Waals surface area contributed by atoms with Crippen LogP contribution in [0.25, 0.3) is 0 Å². The maximum atomic E-state index is 12.6. The summed E-state index contributed by atoms with van der Waals surface area (Å²) in [5.41, 5.74) is 1.36. The number of hydrogen-bond donors (Lipinski definition) is 2. The van der Waals surface area contributed by atoms with Gasteiger partial charge < -0.3 is 15.5 Å². The first-order valence-electron chi connectivity index (χ1n) is 8.49. The summed E-state index contributed by atoms with van der Waals surface area (Å²) in [6.45, 7) is 3.18. The predicted octanol–water partition coefficient (Wildman–Crippen LogP) is 4.88. The molecule has 1 aliphatic heterocycles. The molecule has 1 aliphatic rings. The highest BCUT2D eigenvalue weighted by atomic mass is 35.5. The number of alkyl halides is 3.